The molecular weight excluding hydrogens is 291 g/mol. The molecule has 0 bridgehead atoms. The van der Waals surface area contributed by atoms with Crippen LogP contribution in [0.3, 0.4) is 0 Å². The summed E-state index contributed by atoms with van der Waals surface area (Å²) in [5.41, 5.74) is 1.84. The lowest BCUT2D eigenvalue weighted by atomic mass is 10.0. The fourth-order valence-electron chi connectivity index (χ4n) is 1.73. The van der Waals surface area contributed by atoms with Gasteiger partial charge in [-0.1, -0.05) is 25.4 Å². The predicted octanol–water partition coefficient (Wildman–Crippen LogP) is 4.30. The van der Waals surface area contributed by atoms with Crippen molar-refractivity contribution < 1.29 is 17.9 Å². The van der Waals surface area contributed by atoms with Crippen LogP contribution < -0.4 is 10.1 Å². The number of hydrogen-bond donors (Lipinski definition) is 1. The maximum atomic E-state index is 11.9. The molecule has 1 N–H and O–H groups in total. The Morgan fingerprint density at radius 1 is 1.30 bits per heavy atom. The highest BCUT2D eigenvalue weighted by Gasteiger charge is 2.25. The first-order valence-corrected chi connectivity index (χ1v) is 6.79. The number of aryl methyl sites for hydroxylation is 1. The second-order valence-corrected chi connectivity index (χ2v) is 5.34. The normalized spacial score (nSPS) is 12.0. The van der Waals surface area contributed by atoms with Crippen molar-refractivity contribution in [3.63, 3.8) is 0 Å². The van der Waals surface area contributed by atoms with Gasteiger partial charge in [0.2, 0.25) is 0 Å². The van der Waals surface area contributed by atoms with Gasteiger partial charge in [0.25, 0.3) is 0 Å². The van der Waals surface area contributed by atoms with Gasteiger partial charge < -0.3 is 10.1 Å². The molecule has 0 atom stereocenters. The van der Waals surface area contributed by atoms with Gasteiger partial charge in [-0.15, -0.1) is 0 Å². The third kappa shape index (κ3) is 5.59. The lowest BCUT2D eigenvalue weighted by Crippen LogP contribution is -2.31. The van der Waals surface area contributed by atoms with Gasteiger partial charge in [-0.3, -0.25) is 0 Å². The minimum atomic E-state index is -4.19. The Kier molecular flexibility index (Phi) is 6.14. The van der Waals surface area contributed by atoms with Gasteiger partial charge >= 0.3 is 6.18 Å². The molecule has 0 amide bonds. The Hall–Kier alpha value is -0.940. The smallest absolute Gasteiger partial charge is 0.401 e. The molecule has 2 nitrogen and oxygen atoms in total. The number of ether oxygens (including phenoxy) is 1. The van der Waals surface area contributed by atoms with Gasteiger partial charge in [0, 0.05) is 11.6 Å². The van der Waals surface area contributed by atoms with E-state index in [9.17, 15) is 13.2 Å². The number of benzene rings is 1. The van der Waals surface area contributed by atoms with Gasteiger partial charge in [-0.2, -0.15) is 13.2 Å². The zero-order valence-corrected chi connectivity index (χ0v) is 12.5. The van der Waals surface area contributed by atoms with Crippen LogP contribution in [-0.4, -0.2) is 25.9 Å². The van der Waals surface area contributed by atoms with Gasteiger partial charge in [-0.05, 0) is 36.1 Å². The summed E-state index contributed by atoms with van der Waals surface area (Å²) in [4.78, 5) is 0. The largest absolute Gasteiger partial charge is 0.492 e. The summed E-state index contributed by atoms with van der Waals surface area (Å²) in [6, 6.07) is 3.67. The second-order valence-electron chi connectivity index (χ2n) is 4.93. The Labute approximate surface area is 122 Å². The molecule has 0 radical (unpaired) electrons. The molecule has 0 fully saturated rings. The van der Waals surface area contributed by atoms with E-state index < -0.39 is 12.7 Å². The van der Waals surface area contributed by atoms with Crippen LogP contribution in [0.5, 0.6) is 5.75 Å². The molecule has 0 aliphatic carbocycles. The van der Waals surface area contributed by atoms with E-state index in [1.165, 1.54) is 0 Å². The maximum Gasteiger partial charge on any atom is 0.401 e. The average Bonchev–Trinajstić information content (AvgIpc) is 2.29. The highest BCUT2D eigenvalue weighted by Crippen LogP contribution is 2.31. The van der Waals surface area contributed by atoms with Crippen LogP contribution in [0.4, 0.5) is 13.2 Å². The van der Waals surface area contributed by atoms with E-state index in [2.05, 4.69) is 5.32 Å². The zero-order chi connectivity index (χ0) is 15.3. The van der Waals surface area contributed by atoms with E-state index >= 15 is 0 Å². The standard InChI is InChI=1S/C14H19ClF3NO/c1-9(2)11-7-13(10(3)6-12(11)15)20-5-4-19-8-14(16,17)18/h6-7,9,19H,4-5,8H2,1-3H3. The average molecular weight is 310 g/mol. The molecule has 0 saturated carbocycles. The first-order valence-electron chi connectivity index (χ1n) is 6.41. The van der Waals surface area contributed by atoms with E-state index in [0.29, 0.717) is 10.8 Å². The van der Waals surface area contributed by atoms with E-state index in [-0.39, 0.29) is 19.1 Å². The Bertz CT molecular complexity index is 447. The Balaban J connectivity index is 2.54. The van der Waals surface area contributed by atoms with Gasteiger partial charge in [-0.25, -0.2) is 0 Å². The number of nitrogens with one attached hydrogen (secondary N) is 1. The highest BCUT2D eigenvalue weighted by atomic mass is 35.5. The van der Waals surface area contributed by atoms with Crippen molar-refractivity contribution in [1.29, 1.82) is 0 Å². The van der Waals surface area contributed by atoms with Crippen molar-refractivity contribution in [2.45, 2.75) is 32.9 Å². The monoisotopic (exact) mass is 309 g/mol. The van der Waals surface area contributed by atoms with Crippen LogP contribution in [-0.2, 0) is 0 Å². The molecule has 6 heteroatoms. The first kappa shape index (κ1) is 17.1. The molecule has 0 unspecified atom stereocenters. The highest BCUT2D eigenvalue weighted by molar-refractivity contribution is 6.31. The number of halogens is 4. The molecular formula is C14H19ClF3NO. The molecule has 0 heterocycles. The molecule has 114 valence electrons. The molecule has 0 aromatic heterocycles. The van der Waals surface area contributed by atoms with Crippen LogP contribution in [0.1, 0.15) is 30.9 Å². The SMILES string of the molecule is Cc1cc(Cl)c(C(C)C)cc1OCCNCC(F)(F)F. The van der Waals surface area contributed by atoms with E-state index in [1.807, 2.05) is 32.9 Å². The first-order chi connectivity index (χ1) is 9.20. The molecule has 0 spiro atoms. The van der Waals surface area contributed by atoms with Crippen molar-refractivity contribution in [2.24, 2.45) is 0 Å². The molecule has 1 aromatic rings. The van der Waals surface area contributed by atoms with Crippen molar-refractivity contribution in [1.82, 2.24) is 5.32 Å². The molecule has 20 heavy (non-hydrogen) atoms. The summed E-state index contributed by atoms with van der Waals surface area (Å²) in [6.07, 6.45) is -4.19. The van der Waals surface area contributed by atoms with Crippen LogP contribution in [0, 0.1) is 6.92 Å². The zero-order valence-electron chi connectivity index (χ0n) is 11.8. The lowest BCUT2D eigenvalue weighted by Gasteiger charge is -2.15. The topological polar surface area (TPSA) is 21.3 Å². The van der Waals surface area contributed by atoms with Crippen LogP contribution in [0.25, 0.3) is 0 Å². The number of rotatable bonds is 6. The minimum Gasteiger partial charge on any atom is -0.492 e. The fraction of sp³-hybridized carbons (Fsp3) is 0.571. The van der Waals surface area contributed by atoms with Crippen molar-refractivity contribution in [2.75, 3.05) is 19.7 Å². The Morgan fingerprint density at radius 2 is 1.95 bits per heavy atom. The summed E-state index contributed by atoms with van der Waals surface area (Å²) in [5.74, 6) is 0.917. The molecule has 0 saturated heterocycles. The van der Waals surface area contributed by atoms with E-state index in [0.717, 1.165) is 11.1 Å². The number of hydrogen-bond acceptors (Lipinski definition) is 2. The fourth-order valence-corrected chi connectivity index (χ4v) is 2.17. The summed E-state index contributed by atoms with van der Waals surface area (Å²) >= 11 is 6.14. The van der Waals surface area contributed by atoms with Gasteiger partial charge in [0.15, 0.2) is 0 Å². The molecule has 1 aromatic carbocycles. The van der Waals surface area contributed by atoms with Crippen molar-refractivity contribution in [3.8, 4) is 5.75 Å². The van der Waals surface area contributed by atoms with Crippen molar-refractivity contribution >= 4 is 11.6 Å². The maximum absolute atomic E-state index is 11.9. The van der Waals surface area contributed by atoms with Gasteiger partial charge in [0.1, 0.15) is 12.4 Å². The van der Waals surface area contributed by atoms with Crippen LogP contribution in [0.15, 0.2) is 12.1 Å². The van der Waals surface area contributed by atoms with Gasteiger partial charge in [0.05, 0.1) is 6.54 Å². The predicted molar refractivity (Wildman–Crippen MR) is 74.7 cm³/mol. The summed E-state index contributed by atoms with van der Waals surface area (Å²) in [7, 11) is 0. The van der Waals surface area contributed by atoms with Crippen LogP contribution in [0.2, 0.25) is 5.02 Å². The Morgan fingerprint density at radius 3 is 2.50 bits per heavy atom. The number of alkyl halides is 3. The van der Waals surface area contributed by atoms with Crippen LogP contribution >= 0.6 is 11.6 Å². The van der Waals surface area contributed by atoms with E-state index in [1.54, 1.807) is 0 Å². The minimum absolute atomic E-state index is 0.137. The molecule has 0 aliphatic rings. The van der Waals surface area contributed by atoms with Crippen molar-refractivity contribution in [3.05, 3.63) is 28.3 Å². The second kappa shape index (κ2) is 7.18. The summed E-state index contributed by atoms with van der Waals surface area (Å²) in [5, 5.41) is 2.97. The quantitative estimate of drug-likeness (QED) is 0.791. The molecule has 0 aliphatic heterocycles. The molecule has 1 rings (SSSR count). The van der Waals surface area contributed by atoms with E-state index in [4.69, 9.17) is 16.3 Å². The third-order valence-corrected chi connectivity index (χ3v) is 3.11. The third-order valence-electron chi connectivity index (χ3n) is 2.78. The summed E-state index contributed by atoms with van der Waals surface area (Å²) < 4.78 is 41.3. The summed E-state index contributed by atoms with van der Waals surface area (Å²) in [6.45, 7) is 5.20. The lowest BCUT2D eigenvalue weighted by molar-refractivity contribution is -0.124.